The van der Waals surface area contributed by atoms with E-state index in [1.165, 1.54) is 23.0 Å². The summed E-state index contributed by atoms with van der Waals surface area (Å²) in [5.41, 5.74) is 2.42. The molecule has 0 radical (unpaired) electrons. The number of thioether (sulfide) groups is 1. The van der Waals surface area contributed by atoms with E-state index in [4.69, 9.17) is 0 Å². The number of para-hydroxylation sites is 1. The molecule has 1 unspecified atom stereocenters. The zero-order valence-electron chi connectivity index (χ0n) is 14.3. The van der Waals surface area contributed by atoms with Crippen LogP contribution in [0.15, 0.2) is 24.3 Å². The molecule has 1 aliphatic heterocycles. The molecule has 1 N–H and O–H groups in total. The molecule has 1 heterocycles. The molecule has 0 spiro atoms. The predicted octanol–water partition coefficient (Wildman–Crippen LogP) is 1.86. The van der Waals surface area contributed by atoms with Crippen LogP contribution in [0.5, 0.6) is 0 Å². The maximum atomic E-state index is 11.9. The van der Waals surface area contributed by atoms with Crippen LogP contribution >= 0.6 is 11.8 Å². The van der Waals surface area contributed by atoms with Crippen molar-refractivity contribution in [3.63, 3.8) is 0 Å². The zero-order chi connectivity index (χ0) is 17.6. The number of hydrogen-bond donors (Lipinski definition) is 1. The quantitative estimate of drug-likeness (QED) is 0.757. The lowest BCUT2D eigenvalue weighted by molar-refractivity contribution is -0.118. The topological polar surface area (TPSA) is 66.5 Å². The summed E-state index contributed by atoms with van der Waals surface area (Å²) in [6.07, 6.45) is 0.664. The number of nitrogens with zero attached hydrogens (tertiary/aromatic N) is 1. The van der Waals surface area contributed by atoms with Gasteiger partial charge in [0.05, 0.1) is 17.3 Å². The minimum atomic E-state index is -2.87. The maximum Gasteiger partial charge on any atom is 0.230 e. The first-order chi connectivity index (χ1) is 11.4. The van der Waals surface area contributed by atoms with Crippen LogP contribution in [0.25, 0.3) is 0 Å². The van der Waals surface area contributed by atoms with Gasteiger partial charge in [-0.1, -0.05) is 18.2 Å². The summed E-state index contributed by atoms with van der Waals surface area (Å²) in [6.45, 7) is 6.42. The summed E-state index contributed by atoms with van der Waals surface area (Å²) in [5.74, 6) is 0.775. The first kappa shape index (κ1) is 19.1. The van der Waals surface area contributed by atoms with Crippen LogP contribution in [0, 0.1) is 6.92 Å². The number of likely N-dealkylation sites (N-methyl/N-ethyl adjacent to an activating group) is 1. The Morgan fingerprint density at radius 1 is 1.38 bits per heavy atom. The van der Waals surface area contributed by atoms with E-state index in [0.29, 0.717) is 18.7 Å². The fourth-order valence-electron chi connectivity index (χ4n) is 2.83. The second-order valence-electron chi connectivity index (χ2n) is 6.05. The first-order valence-corrected chi connectivity index (χ1v) is 11.2. The third-order valence-corrected chi connectivity index (χ3v) is 7.46. The largest absolute Gasteiger partial charge is 0.370 e. The van der Waals surface area contributed by atoms with Crippen LogP contribution < -0.4 is 10.2 Å². The Morgan fingerprint density at radius 3 is 2.75 bits per heavy atom. The van der Waals surface area contributed by atoms with Crippen LogP contribution in [0.4, 0.5) is 5.69 Å². The standard InChI is InChI=1S/C17H26N2O3S2/c1-3-19(16-7-5-4-6-14(16)2)10-9-18-17(20)12-23-15-8-11-24(21,22)13-15/h4-7,15H,3,8-13H2,1-2H3,(H,18,20). The highest BCUT2D eigenvalue weighted by Crippen LogP contribution is 2.24. The smallest absolute Gasteiger partial charge is 0.230 e. The Kier molecular flexibility index (Phi) is 6.98. The Morgan fingerprint density at radius 2 is 2.12 bits per heavy atom. The van der Waals surface area contributed by atoms with Gasteiger partial charge < -0.3 is 10.2 Å². The average Bonchev–Trinajstić information content (AvgIpc) is 2.90. The van der Waals surface area contributed by atoms with Crippen molar-refractivity contribution in [2.24, 2.45) is 0 Å². The monoisotopic (exact) mass is 370 g/mol. The number of anilines is 1. The molecule has 1 fully saturated rings. The molecule has 1 aromatic rings. The van der Waals surface area contributed by atoms with Crippen LogP contribution in [0.3, 0.4) is 0 Å². The van der Waals surface area contributed by atoms with Gasteiger partial charge in [0.25, 0.3) is 0 Å². The van der Waals surface area contributed by atoms with Crippen molar-refractivity contribution < 1.29 is 13.2 Å². The van der Waals surface area contributed by atoms with Gasteiger partial charge in [-0.2, -0.15) is 0 Å². The third kappa shape index (κ3) is 5.70. The van der Waals surface area contributed by atoms with E-state index in [1.54, 1.807) is 0 Å². The van der Waals surface area contributed by atoms with E-state index in [-0.39, 0.29) is 22.7 Å². The van der Waals surface area contributed by atoms with Crippen molar-refractivity contribution in [1.82, 2.24) is 5.32 Å². The third-order valence-electron chi connectivity index (χ3n) is 4.18. The molecule has 134 valence electrons. The molecule has 0 aromatic heterocycles. The van der Waals surface area contributed by atoms with Gasteiger partial charge in [0, 0.05) is 30.6 Å². The van der Waals surface area contributed by atoms with Crippen molar-refractivity contribution in [2.75, 3.05) is 41.8 Å². The van der Waals surface area contributed by atoms with Crippen molar-refractivity contribution in [1.29, 1.82) is 0 Å². The summed E-state index contributed by atoms with van der Waals surface area (Å²) < 4.78 is 22.8. The Hall–Kier alpha value is -1.21. The average molecular weight is 371 g/mol. The number of sulfone groups is 1. The highest BCUT2D eigenvalue weighted by molar-refractivity contribution is 8.02. The molecule has 0 saturated carbocycles. The highest BCUT2D eigenvalue weighted by Gasteiger charge is 2.28. The molecular formula is C17H26N2O3S2. The van der Waals surface area contributed by atoms with Gasteiger partial charge in [0.15, 0.2) is 9.84 Å². The molecule has 24 heavy (non-hydrogen) atoms. The fraction of sp³-hybridized carbons (Fsp3) is 0.588. The van der Waals surface area contributed by atoms with Gasteiger partial charge in [-0.15, -0.1) is 11.8 Å². The first-order valence-electron chi connectivity index (χ1n) is 8.30. The normalized spacial score (nSPS) is 19.2. The van der Waals surface area contributed by atoms with Gasteiger partial charge in [0.2, 0.25) is 5.91 Å². The van der Waals surface area contributed by atoms with Crippen molar-refractivity contribution >= 4 is 33.2 Å². The molecule has 7 heteroatoms. The predicted molar refractivity (Wildman–Crippen MR) is 102 cm³/mol. The van der Waals surface area contributed by atoms with E-state index < -0.39 is 9.84 Å². The zero-order valence-corrected chi connectivity index (χ0v) is 16.0. The van der Waals surface area contributed by atoms with E-state index in [0.717, 1.165) is 13.1 Å². The summed E-state index contributed by atoms with van der Waals surface area (Å²) in [6, 6.07) is 8.23. The molecule has 0 aliphatic carbocycles. The molecule has 1 atom stereocenters. The number of benzene rings is 1. The Labute approximate surface area is 149 Å². The van der Waals surface area contributed by atoms with Gasteiger partial charge in [-0.3, -0.25) is 4.79 Å². The summed E-state index contributed by atoms with van der Waals surface area (Å²) in [4.78, 5) is 14.2. The number of amides is 1. The van der Waals surface area contributed by atoms with Crippen molar-refractivity contribution in [2.45, 2.75) is 25.5 Å². The lowest BCUT2D eigenvalue weighted by Gasteiger charge is -2.25. The maximum absolute atomic E-state index is 11.9. The number of rotatable bonds is 8. The lowest BCUT2D eigenvalue weighted by atomic mass is 10.2. The second kappa shape index (κ2) is 8.76. The van der Waals surface area contributed by atoms with Crippen molar-refractivity contribution in [3.05, 3.63) is 29.8 Å². The number of nitrogens with one attached hydrogen (secondary N) is 1. The van der Waals surface area contributed by atoms with E-state index >= 15 is 0 Å². The molecular weight excluding hydrogens is 344 g/mol. The highest BCUT2D eigenvalue weighted by atomic mass is 32.2. The van der Waals surface area contributed by atoms with Gasteiger partial charge in [-0.25, -0.2) is 8.42 Å². The SMILES string of the molecule is CCN(CCNC(=O)CSC1CCS(=O)(=O)C1)c1ccccc1C. The van der Waals surface area contributed by atoms with Gasteiger partial charge >= 0.3 is 0 Å². The second-order valence-corrected chi connectivity index (χ2v) is 9.57. The number of carbonyl (C=O) groups excluding carboxylic acids is 1. The summed E-state index contributed by atoms with van der Waals surface area (Å²) >= 11 is 1.45. The van der Waals surface area contributed by atoms with E-state index in [1.807, 2.05) is 12.1 Å². The van der Waals surface area contributed by atoms with Gasteiger partial charge in [-0.05, 0) is 31.9 Å². The van der Waals surface area contributed by atoms with Crippen LogP contribution in [-0.4, -0.2) is 56.5 Å². The van der Waals surface area contributed by atoms with Crippen LogP contribution in [-0.2, 0) is 14.6 Å². The van der Waals surface area contributed by atoms with Crippen LogP contribution in [0.2, 0.25) is 0 Å². The molecule has 0 bridgehead atoms. The number of carbonyl (C=O) groups is 1. The number of hydrogen-bond acceptors (Lipinski definition) is 5. The lowest BCUT2D eigenvalue weighted by Crippen LogP contribution is -2.36. The molecule has 1 aliphatic rings. The molecule has 1 amide bonds. The van der Waals surface area contributed by atoms with E-state index in [9.17, 15) is 13.2 Å². The fourth-order valence-corrected chi connectivity index (χ4v) is 6.31. The minimum Gasteiger partial charge on any atom is -0.370 e. The summed E-state index contributed by atoms with van der Waals surface area (Å²) in [5, 5.41) is 3.00. The Bertz CT molecular complexity index is 662. The number of aryl methyl sites for hydroxylation is 1. The molecule has 1 saturated heterocycles. The minimum absolute atomic E-state index is 0.0230. The summed E-state index contributed by atoms with van der Waals surface area (Å²) in [7, 11) is -2.87. The van der Waals surface area contributed by atoms with Crippen LogP contribution in [0.1, 0.15) is 18.9 Å². The molecule has 2 rings (SSSR count). The van der Waals surface area contributed by atoms with Gasteiger partial charge in [0.1, 0.15) is 0 Å². The van der Waals surface area contributed by atoms with E-state index in [2.05, 4.69) is 36.2 Å². The van der Waals surface area contributed by atoms with Crippen molar-refractivity contribution in [3.8, 4) is 0 Å². The molecule has 5 nitrogen and oxygen atoms in total. The molecule has 1 aromatic carbocycles. The Balaban J connectivity index is 1.71.